The minimum Gasteiger partial charge on any atom is -0.360 e. The molecule has 80 valence electrons. The van der Waals surface area contributed by atoms with Crippen LogP contribution in [0.2, 0.25) is 19.6 Å². The lowest BCUT2D eigenvalue weighted by Crippen LogP contribution is -2.15. The van der Waals surface area contributed by atoms with Gasteiger partial charge in [0, 0.05) is 0 Å². The molecule has 0 amide bonds. The molecule has 2 heteroatoms. The molecular weight excluding hydrogens is 200 g/mol. The van der Waals surface area contributed by atoms with Gasteiger partial charge < -0.3 is 4.74 Å². The number of benzene rings is 1. The summed E-state index contributed by atoms with van der Waals surface area (Å²) in [6.45, 7) is 7.01. The fraction of sp³-hybridized carbons (Fsp3) is 0.385. The lowest BCUT2D eigenvalue weighted by molar-refractivity contribution is 0.394. The van der Waals surface area contributed by atoms with Crippen LogP contribution in [0.15, 0.2) is 42.1 Å². The molecular formula is C13H18OSi. The first-order valence-corrected chi connectivity index (χ1v) is 9.04. The Morgan fingerprint density at radius 2 is 1.80 bits per heavy atom. The van der Waals surface area contributed by atoms with Crippen LogP contribution in [0.5, 0.6) is 0 Å². The molecule has 0 unspecified atom stereocenters. The summed E-state index contributed by atoms with van der Waals surface area (Å²) in [6, 6.07) is 10.4. The topological polar surface area (TPSA) is 12.5 Å². The third-order valence-electron chi connectivity index (χ3n) is 2.44. The van der Waals surface area contributed by atoms with Crippen LogP contribution in [0.25, 0.3) is 0 Å². The molecule has 0 aromatic heterocycles. The van der Waals surface area contributed by atoms with Crippen molar-refractivity contribution in [3.8, 4) is 0 Å². The van der Waals surface area contributed by atoms with E-state index in [1.54, 1.807) is 0 Å². The molecule has 0 spiro atoms. The predicted octanol–water partition coefficient (Wildman–Crippen LogP) is 3.56. The zero-order chi connectivity index (χ0) is 10.9. The van der Waals surface area contributed by atoms with E-state index in [-0.39, 0.29) is 0 Å². The number of epoxide rings is 1. The van der Waals surface area contributed by atoms with E-state index < -0.39 is 8.07 Å². The highest BCUT2D eigenvalue weighted by molar-refractivity contribution is 6.80. The summed E-state index contributed by atoms with van der Waals surface area (Å²) in [7, 11) is -1.07. The molecule has 1 aliphatic heterocycles. The molecule has 2 atom stereocenters. The molecule has 0 aliphatic carbocycles. The van der Waals surface area contributed by atoms with Gasteiger partial charge in [-0.2, -0.15) is 0 Å². The van der Waals surface area contributed by atoms with E-state index in [2.05, 4.69) is 55.7 Å². The molecule has 1 aliphatic rings. The van der Waals surface area contributed by atoms with Crippen LogP contribution in [0.3, 0.4) is 0 Å². The van der Waals surface area contributed by atoms with E-state index >= 15 is 0 Å². The number of hydrogen-bond acceptors (Lipinski definition) is 1. The Kier molecular flexibility index (Phi) is 2.80. The third kappa shape index (κ3) is 3.04. The zero-order valence-electron chi connectivity index (χ0n) is 9.60. The Morgan fingerprint density at radius 1 is 1.13 bits per heavy atom. The normalized spacial score (nSPS) is 25.8. The molecule has 0 bridgehead atoms. The number of ether oxygens (including phenoxy) is 1. The van der Waals surface area contributed by atoms with E-state index in [0.29, 0.717) is 12.2 Å². The summed E-state index contributed by atoms with van der Waals surface area (Å²) < 4.78 is 5.63. The van der Waals surface area contributed by atoms with Crippen LogP contribution in [-0.4, -0.2) is 14.2 Å². The molecule has 1 heterocycles. The van der Waals surface area contributed by atoms with Crippen LogP contribution >= 0.6 is 0 Å². The molecule has 1 saturated heterocycles. The van der Waals surface area contributed by atoms with Crippen LogP contribution in [-0.2, 0) is 4.74 Å². The average Bonchev–Trinajstić information content (AvgIpc) is 2.94. The van der Waals surface area contributed by atoms with Crippen molar-refractivity contribution in [3.63, 3.8) is 0 Å². The van der Waals surface area contributed by atoms with Crippen molar-refractivity contribution >= 4 is 8.07 Å². The Balaban J connectivity index is 1.95. The van der Waals surface area contributed by atoms with Crippen LogP contribution in [0.4, 0.5) is 0 Å². The largest absolute Gasteiger partial charge is 0.360 e. The monoisotopic (exact) mass is 218 g/mol. The second-order valence-corrected chi connectivity index (χ2v) is 10.2. The average molecular weight is 218 g/mol. The first-order chi connectivity index (χ1) is 7.06. The van der Waals surface area contributed by atoms with Crippen LogP contribution in [0.1, 0.15) is 11.7 Å². The summed E-state index contributed by atoms with van der Waals surface area (Å²) in [5.41, 5.74) is 3.66. The Labute approximate surface area is 92.8 Å². The van der Waals surface area contributed by atoms with Crippen molar-refractivity contribution in [2.24, 2.45) is 0 Å². The van der Waals surface area contributed by atoms with E-state index in [0.717, 1.165) is 0 Å². The fourth-order valence-electron chi connectivity index (χ4n) is 1.56. The fourth-order valence-corrected chi connectivity index (χ4v) is 2.33. The lowest BCUT2D eigenvalue weighted by atomic mass is 10.1. The third-order valence-corrected chi connectivity index (χ3v) is 3.63. The smallest absolute Gasteiger partial charge is 0.113 e. The lowest BCUT2D eigenvalue weighted by Gasteiger charge is -2.06. The van der Waals surface area contributed by atoms with Crippen molar-refractivity contribution in [3.05, 3.63) is 47.7 Å². The van der Waals surface area contributed by atoms with Crippen molar-refractivity contribution < 1.29 is 4.74 Å². The maximum absolute atomic E-state index is 5.63. The van der Waals surface area contributed by atoms with Gasteiger partial charge in [-0.25, -0.2) is 0 Å². The van der Waals surface area contributed by atoms with Gasteiger partial charge in [0.1, 0.15) is 12.2 Å². The van der Waals surface area contributed by atoms with Gasteiger partial charge in [0.2, 0.25) is 0 Å². The van der Waals surface area contributed by atoms with Crippen molar-refractivity contribution in [2.45, 2.75) is 31.8 Å². The van der Waals surface area contributed by atoms with Crippen molar-refractivity contribution in [1.82, 2.24) is 0 Å². The van der Waals surface area contributed by atoms with E-state index in [4.69, 9.17) is 4.74 Å². The standard InChI is InChI=1S/C13H18OSi/c1-15(2,3)10-9-12-13(14-12)11-7-5-4-6-8-11/h4-10,12-13H,1-3H3/b10-9+/t12-,13-/m0/s1. The zero-order valence-corrected chi connectivity index (χ0v) is 10.6. The SMILES string of the molecule is C[Si](C)(C)/C=C/[C@@H]1O[C@H]1c1ccccc1. The van der Waals surface area contributed by atoms with Crippen LogP contribution < -0.4 is 0 Å². The first-order valence-electron chi connectivity index (χ1n) is 5.46. The predicted molar refractivity (Wildman–Crippen MR) is 66.5 cm³/mol. The molecule has 0 saturated carbocycles. The number of hydrogen-bond donors (Lipinski definition) is 0. The quantitative estimate of drug-likeness (QED) is 0.558. The number of rotatable bonds is 3. The van der Waals surface area contributed by atoms with Gasteiger partial charge in [-0.1, -0.05) is 61.7 Å². The summed E-state index contributed by atoms with van der Waals surface area (Å²) >= 11 is 0. The maximum Gasteiger partial charge on any atom is 0.113 e. The summed E-state index contributed by atoms with van der Waals surface area (Å²) in [5.74, 6) is 0. The van der Waals surface area contributed by atoms with Crippen molar-refractivity contribution in [2.75, 3.05) is 0 Å². The molecule has 0 radical (unpaired) electrons. The van der Waals surface area contributed by atoms with Crippen LogP contribution in [0, 0.1) is 0 Å². The molecule has 15 heavy (non-hydrogen) atoms. The van der Waals surface area contributed by atoms with Gasteiger partial charge in [-0.15, -0.1) is 0 Å². The van der Waals surface area contributed by atoms with Crippen molar-refractivity contribution in [1.29, 1.82) is 0 Å². The van der Waals surface area contributed by atoms with E-state index in [9.17, 15) is 0 Å². The van der Waals surface area contributed by atoms with E-state index in [1.807, 2.05) is 6.07 Å². The summed E-state index contributed by atoms with van der Waals surface area (Å²) in [5, 5.41) is 0. The Morgan fingerprint density at radius 3 is 2.40 bits per heavy atom. The Hall–Kier alpha value is -0.863. The Bertz CT molecular complexity index is 351. The van der Waals surface area contributed by atoms with Gasteiger partial charge in [-0.05, 0) is 5.56 Å². The second kappa shape index (κ2) is 3.95. The highest BCUT2D eigenvalue weighted by atomic mass is 28.3. The summed E-state index contributed by atoms with van der Waals surface area (Å²) in [6.07, 6.45) is 2.86. The highest BCUT2D eigenvalue weighted by Gasteiger charge is 2.37. The highest BCUT2D eigenvalue weighted by Crippen LogP contribution is 2.39. The van der Waals surface area contributed by atoms with Gasteiger partial charge in [-0.3, -0.25) is 0 Å². The molecule has 0 N–H and O–H groups in total. The van der Waals surface area contributed by atoms with Gasteiger partial charge >= 0.3 is 0 Å². The molecule has 1 aromatic rings. The van der Waals surface area contributed by atoms with Gasteiger partial charge in [0.05, 0.1) is 8.07 Å². The van der Waals surface area contributed by atoms with Gasteiger partial charge in [0.25, 0.3) is 0 Å². The molecule has 1 aromatic carbocycles. The maximum atomic E-state index is 5.63. The molecule has 2 rings (SSSR count). The van der Waals surface area contributed by atoms with Gasteiger partial charge in [0.15, 0.2) is 0 Å². The minimum absolute atomic E-state index is 0.304. The summed E-state index contributed by atoms with van der Waals surface area (Å²) in [4.78, 5) is 0. The van der Waals surface area contributed by atoms with E-state index in [1.165, 1.54) is 5.56 Å². The second-order valence-electron chi connectivity index (χ2n) is 5.16. The molecule has 1 nitrogen and oxygen atoms in total. The minimum atomic E-state index is -1.07. The first kappa shape index (κ1) is 10.6. The molecule has 1 fully saturated rings.